The fourth-order valence-corrected chi connectivity index (χ4v) is 1.92. The Bertz CT molecular complexity index is 416. The zero-order valence-corrected chi connectivity index (χ0v) is 11.9. The maximum absolute atomic E-state index is 11.9. The van der Waals surface area contributed by atoms with E-state index >= 15 is 0 Å². The van der Waals surface area contributed by atoms with Gasteiger partial charge in [0, 0.05) is 19.3 Å². The van der Waals surface area contributed by atoms with Gasteiger partial charge in [-0.15, -0.1) is 0 Å². The highest BCUT2D eigenvalue weighted by Crippen LogP contribution is 2.20. The third kappa shape index (κ3) is 4.18. The highest BCUT2D eigenvalue weighted by molar-refractivity contribution is 5.92. The Kier molecular flexibility index (Phi) is 4.57. The van der Waals surface area contributed by atoms with E-state index in [1.807, 2.05) is 24.6 Å². The molecule has 0 radical (unpaired) electrons. The molecule has 1 amide bonds. The lowest BCUT2D eigenvalue weighted by Crippen LogP contribution is -2.35. The van der Waals surface area contributed by atoms with Gasteiger partial charge in [0.25, 0.3) is 5.91 Å². The van der Waals surface area contributed by atoms with Gasteiger partial charge in [-0.3, -0.25) is 4.79 Å². The second kappa shape index (κ2) is 5.57. The number of carbonyl (C=O) groups excluding carboxylic acids is 1. The van der Waals surface area contributed by atoms with Crippen LogP contribution in [0.1, 0.15) is 43.4 Å². The van der Waals surface area contributed by atoms with E-state index in [1.54, 1.807) is 6.07 Å². The Labute approximate surface area is 109 Å². The number of aromatic nitrogens is 1. The average molecular weight is 252 g/mol. The lowest BCUT2D eigenvalue weighted by atomic mass is 9.89. The molecular formula is C14H24N2O2. The van der Waals surface area contributed by atoms with Crippen molar-refractivity contribution >= 4 is 5.91 Å². The van der Waals surface area contributed by atoms with Gasteiger partial charge < -0.3 is 15.0 Å². The summed E-state index contributed by atoms with van der Waals surface area (Å²) in [4.78, 5) is 11.9. The van der Waals surface area contributed by atoms with Gasteiger partial charge in [-0.1, -0.05) is 20.8 Å². The van der Waals surface area contributed by atoms with E-state index in [4.69, 9.17) is 0 Å². The summed E-state index contributed by atoms with van der Waals surface area (Å²) in [6, 6.07) is 3.70. The second-order valence-corrected chi connectivity index (χ2v) is 6.05. The van der Waals surface area contributed by atoms with Crippen LogP contribution in [0.15, 0.2) is 12.1 Å². The van der Waals surface area contributed by atoms with Gasteiger partial charge in [0.05, 0.1) is 6.10 Å². The Balaban J connectivity index is 2.49. The van der Waals surface area contributed by atoms with Crippen LogP contribution >= 0.6 is 0 Å². The number of amides is 1. The van der Waals surface area contributed by atoms with Crippen molar-refractivity contribution in [2.75, 3.05) is 6.54 Å². The summed E-state index contributed by atoms with van der Waals surface area (Å²) in [6.45, 7) is 8.45. The topological polar surface area (TPSA) is 54.3 Å². The van der Waals surface area contributed by atoms with Gasteiger partial charge in [-0.2, -0.15) is 0 Å². The molecule has 0 bridgehead atoms. The molecule has 2 N–H and O–H groups in total. The Hall–Kier alpha value is -1.29. The molecule has 0 aliphatic rings. The molecule has 4 heteroatoms. The van der Waals surface area contributed by atoms with Crippen LogP contribution in [-0.2, 0) is 7.05 Å². The summed E-state index contributed by atoms with van der Waals surface area (Å²) < 4.78 is 1.84. The fraction of sp³-hybridized carbons (Fsp3) is 0.643. The monoisotopic (exact) mass is 252 g/mol. The standard InChI is InChI=1S/C14H24N2O2/c1-10-6-7-12(16(10)5)13(18)15-9-11(17)8-14(2,3)4/h6-7,11,17H,8-9H2,1-5H3,(H,15,18). The molecule has 0 aliphatic carbocycles. The van der Waals surface area contributed by atoms with Crippen LogP contribution in [0.5, 0.6) is 0 Å². The summed E-state index contributed by atoms with van der Waals surface area (Å²) in [6.07, 6.45) is 0.162. The van der Waals surface area contributed by atoms with Crippen molar-refractivity contribution < 1.29 is 9.90 Å². The number of nitrogens with zero attached hydrogens (tertiary/aromatic N) is 1. The van der Waals surface area contributed by atoms with Crippen molar-refractivity contribution in [1.29, 1.82) is 0 Å². The number of aryl methyl sites for hydroxylation is 1. The lowest BCUT2D eigenvalue weighted by molar-refractivity contribution is 0.0861. The fourth-order valence-electron chi connectivity index (χ4n) is 1.92. The highest BCUT2D eigenvalue weighted by atomic mass is 16.3. The zero-order valence-electron chi connectivity index (χ0n) is 11.9. The van der Waals surface area contributed by atoms with Gasteiger partial charge in [-0.05, 0) is 30.9 Å². The van der Waals surface area contributed by atoms with Crippen LogP contribution in [0.2, 0.25) is 0 Å². The van der Waals surface area contributed by atoms with Crippen LogP contribution in [-0.4, -0.2) is 28.2 Å². The van der Waals surface area contributed by atoms with Gasteiger partial charge in [-0.25, -0.2) is 0 Å². The number of rotatable bonds is 4. The number of nitrogens with one attached hydrogen (secondary N) is 1. The number of hydrogen-bond acceptors (Lipinski definition) is 2. The first-order valence-electron chi connectivity index (χ1n) is 6.29. The Morgan fingerprint density at radius 3 is 2.50 bits per heavy atom. The number of carbonyl (C=O) groups is 1. The molecular weight excluding hydrogens is 228 g/mol. The minimum absolute atomic E-state index is 0.0612. The normalized spacial score (nSPS) is 13.4. The molecule has 1 rings (SSSR count). The van der Waals surface area contributed by atoms with E-state index in [0.29, 0.717) is 18.7 Å². The van der Waals surface area contributed by atoms with Gasteiger partial charge >= 0.3 is 0 Å². The maximum atomic E-state index is 11.9. The first kappa shape index (κ1) is 14.8. The molecule has 1 heterocycles. The van der Waals surface area contributed by atoms with Gasteiger partial charge in [0.15, 0.2) is 0 Å². The predicted molar refractivity (Wildman–Crippen MR) is 72.6 cm³/mol. The van der Waals surface area contributed by atoms with E-state index in [-0.39, 0.29) is 11.3 Å². The summed E-state index contributed by atoms with van der Waals surface area (Å²) in [5, 5.41) is 12.6. The number of aliphatic hydroxyl groups is 1. The SMILES string of the molecule is Cc1ccc(C(=O)NCC(O)CC(C)(C)C)n1C. The number of aliphatic hydroxyl groups excluding tert-OH is 1. The van der Waals surface area contributed by atoms with Crippen LogP contribution < -0.4 is 5.32 Å². The molecule has 0 saturated carbocycles. The van der Waals surface area contributed by atoms with Crippen molar-refractivity contribution in [3.8, 4) is 0 Å². The third-order valence-electron chi connectivity index (χ3n) is 2.95. The van der Waals surface area contributed by atoms with Crippen LogP contribution in [0.25, 0.3) is 0 Å². The summed E-state index contributed by atoms with van der Waals surface area (Å²) in [7, 11) is 1.86. The van der Waals surface area contributed by atoms with E-state index in [0.717, 1.165) is 5.69 Å². The quantitative estimate of drug-likeness (QED) is 0.859. The van der Waals surface area contributed by atoms with E-state index < -0.39 is 6.10 Å². The first-order valence-corrected chi connectivity index (χ1v) is 6.29. The molecule has 4 nitrogen and oxygen atoms in total. The summed E-state index contributed by atoms with van der Waals surface area (Å²) in [5.74, 6) is -0.140. The zero-order chi connectivity index (χ0) is 13.9. The third-order valence-corrected chi connectivity index (χ3v) is 2.95. The molecule has 0 aromatic carbocycles. The molecule has 1 aromatic heterocycles. The Morgan fingerprint density at radius 2 is 2.06 bits per heavy atom. The Morgan fingerprint density at radius 1 is 1.44 bits per heavy atom. The van der Waals surface area contributed by atoms with E-state index in [9.17, 15) is 9.90 Å². The van der Waals surface area contributed by atoms with E-state index in [1.165, 1.54) is 0 Å². The highest BCUT2D eigenvalue weighted by Gasteiger charge is 2.18. The molecule has 0 spiro atoms. The molecule has 0 saturated heterocycles. The minimum atomic E-state index is -0.504. The van der Waals surface area contributed by atoms with Crippen molar-refractivity contribution in [3.05, 3.63) is 23.5 Å². The predicted octanol–water partition coefficient (Wildman–Crippen LogP) is 1.86. The largest absolute Gasteiger partial charge is 0.391 e. The minimum Gasteiger partial charge on any atom is -0.391 e. The van der Waals surface area contributed by atoms with Crippen molar-refractivity contribution in [1.82, 2.24) is 9.88 Å². The van der Waals surface area contributed by atoms with Crippen LogP contribution in [0.4, 0.5) is 0 Å². The lowest BCUT2D eigenvalue weighted by Gasteiger charge is -2.22. The van der Waals surface area contributed by atoms with E-state index in [2.05, 4.69) is 26.1 Å². The average Bonchev–Trinajstić information content (AvgIpc) is 2.54. The maximum Gasteiger partial charge on any atom is 0.267 e. The molecule has 18 heavy (non-hydrogen) atoms. The molecule has 1 aromatic rings. The van der Waals surface area contributed by atoms with Gasteiger partial charge in [0.2, 0.25) is 0 Å². The molecule has 1 atom stereocenters. The number of hydrogen-bond donors (Lipinski definition) is 2. The van der Waals surface area contributed by atoms with Crippen molar-refractivity contribution in [2.24, 2.45) is 12.5 Å². The second-order valence-electron chi connectivity index (χ2n) is 6.05. The first-order chi connectivity index (χ1) is 8.20. The summed E-state index contributed by atoms with van der Waals surface area (Å²) >= 11 is 0. The molecule has 0 aliphatic heterocycles. The van der Waals surface area contributed by atoms with Crippen molar-refractivity contribution in [3.63, 3.8) is 0 Å². The van der Waals surface area contributed by atoms with Crippen LogP contribution in [0.3, 0.4) is 0 Å². The smallest absolute Gasteiger partial charge is 0.267 e. The molecule has 102 valence electrons. The van der Waals surface area contributed by atoms with Crippen molar-refractivity contribution in [2.45, 2.75) is 40.2 Å². The summed E-state index contributed by atoms with van der Waals surface area (Å²) in [5.41, 5.74) is 1.72. The van der Waals surface area contributed by atoms with Crippen LogP contribution in [0, 0.1) is 12.3 Å². The van der Waals surface area contributed by atoms with Gasteiger partial charge in [0.1, 0.15) is 5.69 Å². The molecule has 0 fully saturated rings. The molecule has 1 unspecified atom stereocenters.